The summed E-state index contributed by atoms with van der Waals surface area (Å²) in [5.74, 6) is 0.635. The molecule has 36 heavy (non-hydrogen) atoms. The molecule has 1 aliphatic rings. The topological polar surface area (TPSA) is 99.2 Å². The van der Waals surface area contributed by atoms with E-state index >= 15 is 0 Å². The zero-order valence-electron chi connectivity index (χ0n) is 20.0. The molecule has 5 rings (SSSR count). The van der Waals surface area contributed by atoms with E-state index in [0.29, 0.717) is 41.4 Å². The van der Waals surface area contributed by atoms with Crippen LogP contribution in [-0.4, -0.2) is 43.6 Å². The van der Waals surface area contributed by atoms with Gasteiger partial charge in [0.05, 0.1) is 11.4 Å². The summed E-state index contributed by atoms with van der Waals surface area (Å²) in [7, 11) is 0. The van der Waals surface area contributed by atoms with Crippen LogP contribution in [0.5, 0.6) is 5.75 Å². The summed E-state index contributed by atoms with van der Waals surface area (Å²) in [4.78, 5) is 22.7. The van der Waals surface area contributed by atoms with Crippen molar-refractivity contribution in [1.29, 1.82) is 0 Å². The number of nitrogens with zero attached hydrogens (tertiary/aromatic N) is 5. The normalized spacial score (nSPS) is 15.7. The van der Waals surface area contributed by atoms with Gasteiger partial charge in [-0.1, -0.05) is 18.7 Å². The van der Waals surface area contributed by atoms with Crippen LogP contribution < -0.4 is 10.5 Å². The Morgan fingerprint density at radius 1 is 1.28 bits per heavy atom. The molecular weight excluding hydrogens is 459 g/mol. The van der Waals surface area contributed by atoms with Gasteiger partial charge in [0.15, 0.2) is 5.65 Å². The second kappa shape index (κ2) is 9.77. The number of fused-ring (bicyclic) bond motifs is 1. The molecule has 1 saturated heterocycles. The number of hydrogen-bond donors (Lipinski definition) is 1. The Kier molecular flexibility index (Phi) is 6.37. The Balaban J connectivity index is 1.47. The second-order valence-electron chi connectivity index (χ2n) is 8.93. The van der Waals surface area contributed by atoms with Crippen LogP contribution in [0.3, 0.4) is 0 Å². The van der Waals surface area contributed by atoms with Crippen LogP contribution in [-0.2, 0) is 11.4 Å². The second-order valence-corrected chi connectivity index (χ2v) is 8.93. The van der Waals surface area contributed by atoms with Gasteiger partial charge >= 0.3 is 0 Å². The standard InChI is InChI=1S/C27H27FN6O2/c1-3-23(35)33-11-5-8-20(14-33)34-27-24(26(29)30-16-31-27)25(32-34)22-10-9-21(12-17(22)2)36-15-18-6-4-7-19(28)13-18/h3-4,6-7,9-10,12-13,16,20H,1,5,8,11,14-15H2,2H3,(H2,29,30,31). The third-order valence-electron chi connectivity index (χ3n) is 6.49. The van der Waals surface area contributed by atoms with Crippen molar-refractivity contribution >= 4 is 22.8 Å². The molecule has 3 heterocycles. The highest BCUT2D eigenvalue weighted by Gasteiger charge is 2.28. The number of likely N-dealkylation sites (tertiary alicyclic amines) is 1. The van der Waals surface area contributed by atoms with E-state index in [4.69, 9.17) is 15.6 Å². The molecule has 2 N–H and O–H groups in total. The van der Waals surface area contributed by atoms with Crippen LogP contribution in [0.2, 0.25) is 0 Å². The monoisotopic (exact) mass is 486 g/mol. The number of nitrogen functional groups attached to an aromatic ring is 1. The summed E-state index contributed by atoms with van der Waals surface area (Å²) < 4.78 is 21.2. The van der Waals surface area contributed by atoms with Crippen molar-refractivity contribution in [3.63, 3.8) is 0 Å². The largest absolute Gasteiger partial charge is 0.489 e. The third kappa shape index (κ3) is 4.51. The first-order chi connectivity index (χ1) is 17.4. The highest BCUT2D eigenvalue weighted by molar-refractivity contribution is 5.99. The number of anilines is 1. The highest BCUT2D eigenvalue weighted by atomic mass is 19.1. The molecule has 1 unspecified atom stereocenters. The Morgan fingerprint density at radius 3 is 2.92 bits per heavy atom. The lowest BCUT2D eigenvalue weighted by Gasteiger charge is -2.32. The van der Waals surface area contributed by atoms with Crippen molar-refractivity contribution < 1.29 is 13.9 Å². The van der Waals surface area contributed by atoms with E-state index < -0.39 is 0 Å². The van der Waals surface area contributed by atoms with Crippen LogP contribution >= 0.6 is 0 Å². The van der Waals surface area contributed by atoms with Crippen molar-refractivity contribution in [2.45, 2.75) is 32.4 Å². The number of amides is 1. The fourth-order valence-electron chi connectivity index (χ4n) is 4.71. The van der Waals surface area contributed by atoms with E-state index in [0.717, 1.165) is 29.5 Å². The summed E-state index contributed by atoms with van der Waals surface area (Å²) in [6, 6.07) is 12.0. The zero-order valence-corrected chi connectivity index (χ0v) is 20.0. The quantitative estimate of drug-likeness (QED) is 0.404. The molecule has 184 valence electrons. The lowest BCUT2D eigenvalue weighted by molar-refractivity contribution is -0.127. The van der Waals surface area contributed by atoms with Crippen molar-refractivity contribution in [3.05, 3.63) is 78.4 Å². The molecule has 2 aromatic heterocycles. The average Bonchev–Trinajstić information content (AvgIpc) is 3.28. The molecule has 0 radical (unpaired) electrons. The third-order valence-corrected chi connectivity index (χ3v) is 6.49. The first kappa shape index (κ1) is 23.5. The molecule has 0 bridgehead atoms. The van der Waals surface area contributed by atoms with Gasteiger partial charge in [-0.25, -0.2) is 19.0 Å². The van der Waals surface area contributed by atoms with Crippen LogP contribution in [0.25, 0.3) is 22.3 Å². The summed E-state index contributed by atoms with van der Waals surface area (Å²) in [6.07, 6.45) is 4.51. The van der Waals surface area contributed by atoms with Gasteiger partial charge in [-0.3, -0.25) is 4.79 Å². The molecule has 1 fully saturated rings. The Hall–Kier alpha value is -4.27. The van der Waals surface area contributed by atoms with Crippen molar-refractivity contribution in [1.82, 2.24) is 24.6 Å². The zero-order chi connectivity index (χ0) is 25.2. The van der Waals surface area contributed by atoms with Crippen molar-refractivity contribution in [2.24, 2.45) is 0 Å². The van der Waals surface area contributed by atoms with Crippen LogP contribution in [0.1, 0.15) is 30.0 Å². The number of hydrogen-bond acceptors (Lipinski definition) is 6. The number of halogens is 1. The summed E-state index contributed by atoms with van der Waals surface area (Å²) in [5.41, 5.74) is 10.2. The van der Waals surface area contributed by atoms with Crippen LogP contribution in [0.4, 0.5) is 10.2 Å². The number of aryl methyl sites for hydroxylation is 1. The summed E-state index contributed by atoms with van der Waals surface area (Å²) in [5, 5.41) is 5.63. The van der Waals surface area contributed by atoms with Crippen molar-refractivity contribution in [3.8, 4) is 17.0 Å². The lowest BCUT2D eigenvalue weighted by Crippen LogP contribution is -2.40. The SMILES string of the molecule is C=CC(=O)N1CCCC(n2nc(-c3ccc(OCc4cccc(F)c4)cc3C)c3c(N)ncnc32)C1. The Bertz CT molecular complexity index is 1450. The maximum absolute atomic E-state index is 13.5. The molecule has 0 aliphatic carbocycles. The minimum Gasteiger partial charge on any atom is -0.489 e. The van der Waals surface area contributed by atoms with Gasteiger partial charge in [-0.05, 0) is 67.3 Å². The molecule has 9 heteroatoms. The predicted octanol–water partition coefficient (Wildman–Crippen LogP) is 4.45. The molecular formula is C27H27FN6O2. The predicted molar refractivity (Wildman–Crippen MR) is 136 cm³/mol. The maximum Gasteiger partial charge on any atom is 0.246 e. The molecule has 0 saturated carbocycles. The molecule has 1 amide bonds. The number of nitrogens with two attached hydrogens (primary N) is 1. The smallest absolute Gasteiger partial charge is 0.246 e. The summed E-state index contributed by atoms with van der Waals surface area (Å²) in [6.45, 7) is 7.06. The number of carbonyl (C=O) groups is 1. The molecule has 8 nitrogen and oxygen atoms in total. The van der Waals surface area contributed by atoms with Crippen molar-refractivity contribution in [2.75, 3.05) is 18.8 Å². The number of ether oxygens (including phenoxy) is 1. The minimum absolute atomic E-state index is 0.0395. The van der Waals surface area contributed by atoms with E-state index in [2.05, 4.69) is 16.5 Å². The van der Waals surface area contributed by atoms with Gasteiger partial charge in [0.25, 0.3) is 0 Å². The van der Waals surface area contributed by atoms with Gasteiger partial charge in [-0.2, -0.15) is 5.10 Å². The van der Waals surface area contributed by atoms with Crippen LogP contribution in [0.15, 0.2) is 61.4 Å². The molecule has 2 aromatic carbocycles. The minimum atomic E-state index is -0.292. The van der Waals surface area contributed by atoms with Gasteiger partial charge in [-0.15, -0.1) is 0 Å². The first-order valence-electron chi connectivity index (χ1n) is 11.8. The van der Waals surface area contributed by atoms with E-state index in [1.807, 2.05) is 35.9 Å². The number of aromatic nitrogens is 4. The highest BCUT2D eigenvalue weighted by Crippen LogP contribution is 2.36. The van der Waals surface area contributed by atoms with E-state index in [9.17, 15) is 9.18 Å². The Morgan fingerprint density at radius 2 is 2.14 bits per heavy atom. The number of rotatable bonds is 6. The number of benzene rings is 2. The van der Waals surface area contributed by atoms with Gasteiger partial charge in [0.1, 0.15) is 36.0 Å². The Labute approximate surface area is 208 Å². The number of carbonyl (C=O) groups excluding carboxylic acids is 1. The van der Waals surface area contributed by atoms with E-state index in [1.54, 1.807) is 11.0 Å². The van der Waals surface area contributed by atoms with E-state index in [-0.39, 0.29) is 24.4 Å². The molecule has 0 spiro atoms. The lowest BCUT2D eigenvalue weighted by atomic mass is 10.0. The fourth-order valence-corrected chi connectivity index (χ4v) is 4.71. The summed E-state index contributed by atoms with van der Waals surface area (Å²) >= 11 is 0. The van der Waals surface area contributed by atoms with Crippen LogP contribution in [0, 0.1) is 12.7 Å². The first-order valence-corrected chi connectivity index (χ1v) is 11.8. The molecule has 1 atom stereocenters. The van der Waals surface area contributed by atoms with E-state index in [1.165, 1.54) is 24.5 Å². The van der Waals surface area contributed by atoms with Gasteiger partial charge in [0.2, 0.25) is 5.91 Å². The molecule has 4 aromatic rings. The maximum atomic E-state index is 13.5. The van der Waals surface area contributed by atoms with Gasteiger partial charge < -0.3 is 15.4 Å². The number of piperidine rings is 1. The fraction of sp³-hybridized carbons (Fsp3) is 0.259. The molecule has 1 aliphatic heterocycles. The van der Waals surface area contributed by atoms with Gasteiger partial charge in [0, 0.05) is 18.7 Å². The average molecular weight is 487 g/mol.